The minimum absolute atomic E-state index is 0.0808. The second-order valence-corrected chi connectivity index (χ2v) is 12.5. The van der Waals surface area contributed by atoms with Crippen LogP contribution in [-0.4, -0.2) is 61.5 Å². The Labute approximate surface area is 324 Å². The van der Waals surface area contributed by atoms with Gasteiger partial charge in [-0.05, 0) is 72.3 Å². The molecule has 0 saturated heterocycles. The maximum absolute atomic E-state index is 12.8. The smallest absolute Gasteiger partial charge is 0.338 e. The molecule has 0 bridgehead atoms. The standard InChI is InChI=1S/C46H40O10/c1-2-32-29-37(45(51)55-27-9-25-53-38-20-15-35(16-21-38)43(49)30-41(47)33-11-5-3-6-12-33)19-24-40(32)46(52)56-28-10-26-54-39-22-17-36(18-23-39)44(50)31-42(48)34-13-7-4-8-14-34/h2-8,11-24,29H,1,9-10,25-28,30-31H2. The van der Waals surface area contributed by atoms with E-state index >= 15 is 0 Å². The minimum atomic E-state index is -0.581. The molecule has 0 fully saturated rings. The maximum Gasteiger partial charge on any atom is 0.338 e. The molecule has 0 N–H and O–H groups in total. The van der Waals surface area contributed by atoms with Gasteiger partial charge in [-0.15, -0.1) is 0 Å². The first-order chi connectivity index (χ1) is 27.2. The van der Waals surface area contributed by atoms with Crippen molar-refractivity contribution in [2.45, 2.75) is 25.7 Å². The fraction of sp³-hybridized carbons (Fsp3) is 0.174. The van der Waals surface area contributed by atoms with E-state index in [0.717, 1.165) is 0 Å². The van der Waals surface area contributed by atoms with Crippen LogP contribution in [0.1, 0.15) is 93.4 Å². The number of ketones is 4. The molecule has 56 heavy (non-hydrogen) atoms. The zero-order chi connectivity index (χ0) is 39.7. The van der Waals surface area contributed by atoms with E-state index in [0.29, 0.717) is 52.2 Å². The molecule has 0 aromatic heterocycles. The molecule has 0 amide bonds. The summed E-state index contributed by atoms with van der Waals surface area (Å²) >= 11 is 0. The predicted molar refractivity (Wildman–Crippen MR) is 210 cm³/mol. The second kappa shape index (κ2) is 20.5. The lowest BCUT2D eigenvalue weighted by molar-refractivity contribution is 0.0470. The molecule has 5 aromatic carbocycles. The summed E-state index contributed by atoms with van der Waals surface area (Å²) in [5.74, 6) is -1.15. The van der Waals surface area contributed by atoms with Crippen LogP contribution < -0.4 is 9.47 Å². The third-order valence-electron chi connectivity index (χ3n) is 8.49. The van der Waals surface area contributed by atoms with Crippen LogP contribution in [0.4, 0.5) is 0 Å². The number of esters is 2. The maximum atomic E-state index is 12.8. The molecule has 0 atom stereocenters. The van der Waals surface area contributed by atoms with Crippen molar-refractivity contribution in [1.82, 2.24) is 0 Å². The molecule has 0 aliphatic carbocycles. The van der Waals surface area contributed by atoms with Crippen LogP contribution in [0.5, 0.6) is 11.5 Å². The Kier molecular flexibility index (Phi) is 14.7. The molecule has 0 spiro atoms. The van der Waals surface area contributed by atoms with E-state index in [1.165, 1.54) is 24.3 Å². The Hall–Kier alpha value is -6.94. The first-order valence-corrected chi connectivity index (χ1v) is 18.0. The van der Waals surface area contributed by atoms with Crippen LogP contribution in [0, 0.1) is 0 Å². The van der Waals surface area contributed by atoms with Gasteiger partial charge in [0.1, 0.15) is 11.5 Å². The van der Waals surface area contributed by atoms with Crippen LogP contribution >= 0.6 is 0 Å². The quantitative estimate of drug-likeness (QED) is 0.0310. The van der Waals surface area contributed by atoms with Gasteiger partial charge in [0.05, 0.1) is 50.4 Å². The highest BCUT2D eigenvalue weighted by molar-refractivity contribution is 6.14. The van der Waals surface area contributed by atoms with Gasteiger partial charge in [-0.1, -0.05) is 73.3 Å². The summed E-state index contributed by atoms with van der Waals surface area (Å²) in [5.41, 5.74) is 2.69. The van der Waals surface area contributed by atoms with Crippen molar-refractivity contribution in [3.8, 4) is 11.5 Å². The van der Waals surface area contributed by atoms with Crippen LogP contribution in [0.15, 0.2) is 134 Å². The molecule has 5 rings (SSSR count). The van der Waals surface area contributed by atoms with Crippen molar-refractivity contribution in [2.75, 3.05) is 26.4 Å². The molecule has 0 heterocycles. The second-order valence-electron chi connectivity index (χ2n) is 12.5. The summed E-state index contributed by atoms with van der Waals surface area (Å²) in [4.78, 5) is 75.2. The number of ether oxygens (including phenoxy) is 4. The molecule has 0 aliphatic rings. The van der Waals surface area contributed by atoms with Crippen molar-refractivity contribution in [3.05, 3.63) is 173 Å². The van der Waals surface area contributed by atoms with Crippen LogP contribution in [-0.2, 0) is 9.47 Å². The Bertz CT molecular complexity index is 2160. The lowest BCUT2D eigenvalue weighted by Crippen LogP contribution is -2.13. The van der Waals surface area contributed by atoms with E-state index in [1.807, 2.05) is 0 Å². The lowest BCUT2D eigenvalue weighted by Gasteiger charge is -2.11. The van der Waals surface area contributed by atoms with Crippen molar-refractivity contribution in [3.63, 3.8) is 0 Å². The van der Waals surface area contributed by atoms with Gasteiger partial charge < -0.3 is 18.9 Å². The summed E-state index contributed by atoms with van der Waals surface area (Å²) in [6.07, 6.45) is 1.82. The Morgan fingerprint density at radius 1 is 0.446 bits per heavy atom. The van der Waals surface area contributed by atoms with Gasteiger partial charge in [-0.25, -0.2) is 9.59 Å². The zero-order valence-corrected chi connectivity index (χ0v) is 30.6. The van der Waals surface area contributed by atoms with Crippen molar-refractivity contribution in [1.29, 1.82) is 0 Å². The molecule has 10 nitrogen and oxygen atoms in total. The van der Waals surface area contributed by atoms with Gasteiger partial charge in [0, 0.05) is 35.1 Å². The van der Waals surface area contributed by atoms with Crippen LogP contribution in [0.2, 0.25) is 0 Å². The number of Topliss-reactive ketones (excluding diaryl/α,β-unsaturated/α-hetero) is 4. The highest BCUT2D eigenvalue weighted by Gasteiger charge is 2.17. The lowest BCUT2D eigenvalue weighted by atomic mass is 10.0. The fourth-order valence-corrected chi connectivity index (χ4v) is 5.46. The van der Waals surface area contributed by atoms with Gasteiger partial charge in [0.25, 0.3) is 0 Å². The van der Waals surface area contributed by atoms with E-state index in [-0.39, 0.29) is 73.5 Å². The first kappa shape index (κ1) is 40.2. The molecule has 0 saturated carbocycles. The molecule has 5 aromatic rings. The average Bonchev–Trinajstić information content (AvgIpc) is 3.24. The molecule has 10 heteroatoms. The van der Waals surface area contributed by atoms with Crippen molar-refractivity contribution in [2.24, 2.45) is 0 Å². The van der Waals surface area contributed by atoms with Gasteiger partial charge >= 0.3 is 11.9 Å². The van der Waals surface area contributed by atoms with Crippen molar-refractivity contribution < 1.29 is 47.7 Å². The first-order valence-electron chi connectivity index (χ1n) is 18.0. The Morgan fingerprint density at radius 2 is 0.839 bits per heavy atom. The van der Waals surface area contributed by atoms with Gasteiger partial charge in [0.15, 0.2) is 23.1 Å². The normalized spacial score (nSPS) is 10.5. The molecular weight excluding hydrogens is 712 g/mol. The van der Waals surface area contributed by atoms with Gasteiger partial charge in [-0.3, -0.25) is 19.2 Å². The predicted octanol–water partition coefficient (Wildman–Crippen LogP) is 8.49. The summed E-state index contributed by atoms with van der Waals surface area (Å²) in [6, 6.07) is 34.8. The van der Waals surface area contributed by atoms with Crippen LogP contribution in [0.3, 0.4) is 0 Å². The van der Waals surface area contributed by atoms with E-state index < -0.39 is 11.9 Å². The third-order valence-corrected chi connectivity index (χ3v) is 8.49. The van der Waals surface area contributed by atoms with Gasteiger partial charge in [0.2, 0.25) is 0 Å². The minimum Gasteiger partial charge on any atom is -0.493 e. The third kappa shape index (κ3) is 11.8. The number of hydrogen-bond donors (Lipinski definition) is 0. The molecule has 284 valence electrons. The molecule has 0 radical (unpaired) electrons. The number of benzene rings is 5. The topological polar surface area (TPSA) is 139 Å². The summed E-state index contributed by atoms with van der Waals surface area (Å²) in [7, 11) is 0. The number of rotatable bonds is 21. The monoisotopic (exact) mass is 752 g/mol. The SMILES string of the molecule is C=Cc1cc(C(=O)OCCCOc2ccc(C(=O)CC(=O)c3ccccc3)cc2)ccc1C(=O)OCCCOc1ccc(C(=O)CC(=O)c2ccccc2)cc1. The van der Waals surface area contributed by atoms with E-state index in [2.05, 4.69) is 6.58 Å². The van der Waals surface area contributed by atoms with Crippen LogP contribution in [0.25, 0.3) is 6.08 Å². The van der Waals surface area contributed by atoms with E-state index in [4.69, 9.17) is 18.9 Å². The molecular formula is C46H40O10. The highest BCUT2D eigenvalue weighted by atomic mass is 16.5. The molecule has 0 aliphatic heterocycles. The number of carbonyl (C=O) groups is 6. The largest absolute Gasteiger partial charge is 0.493 e. The summed E-state index contributed by atoms with van der Waals surface area (Å²) < 4.78 is 22.2. The summed E-state index contributed by atoms with van der Waals surface area (Å²) in [5, 5.41) is 0. The van der Waals surface area contributed by atoms with E-state index in [9.17, 15) is 28.8 Å². The van der Waals surface area contributed by atoms with Crippen molar-refractivity contribution >= 4 is 41.1 Å². The number of hydrogen-bond acceptors (Lipinski definition) is 10. The fourth-order valence-electron chi connectivity index (χ4n) is 5.46. The number of carbonyl (C=O) groups excluding carboxylic acids is 6. The molecule has 0 unspecified atom stereocenters. The van der Waals surface area contributed by atoms with Gasteiger partial charge in [-0.2, -0.15) is 0 Å². The summed E-state index contributed by atoms with van der Waals surface area (Å²) in [6.45, 7) is 4.43. The Morgan fingerprint density at radius 3 is 1.27 bits per heavy atom. The Balaban J connectivity index is 0.973. The van der Waals surface area contributed by atoms with E-state index in [1.54, 1.807) is 109 Å². The zero-order valence-electron chi connectivity index (χ0n) is 30.6. The highest BCUT2D eigenvalue weighted by Crippen LogP contribution is 2.19. The average molecular weight is 753 g/mol.